The monoisotopic (exact) mass is 201 g/mol. The molecule has 0 radical (unpaired) electrons. The van der Waals surface area contributed by atoms with Crippen molar-refractivity contribution in [3.8, 4) is 0 Å². The average Bonchev–Trinajstić information content (AvgIpc) is 2.04. The van der Waals surface area contributed by atoms with Crippen molar-refractivity contribution in [2.75, 3.05) is 0 Å². The van der Waals surface area contributed by atoms with Gasteiger partial charge in [-0.2, -0.15) is 0 Å². The largest absolute Gasteiger partial charge is 0.383 e. The van der Waals surface area contributed by atoms with Crippen LogP contribution in [-0.4, -0.2) is 15.9 Å². The summed E-state index contributed by atoms with van der Waals surface area (Å²) in [6.07, 6.45) is 1.21. The molecule has 0 atom stereocenters. The minimum absolute atomic E-state index is 0.0751. The second-order valence-electron chi connectivity index (χ2n) is 2.18. The molecular weight excluding hydrogens is 196 g/mol. The summed E-state index contributed by atoms with van der Waals surface area (Å²) in [5.74, 6) is -0.690. The smallest absolute Gasteiger partial charge is 0.245 e. The fourth-order valence-electron chi connectivity index (χ4n) is 0.645. The molecule has 0 N–H and O–H groups in total. The van der Waals surface area contributed by atoms with E-state index >= 15 is 0 Å². The minimum Gasteiger partial charge on any atom is -0.245 e. The van der Waals surface area contributed by atoms with Crippen LogP contribution in [0.15, 0.2) is 18.3 Å². The van der Waals surface area contributed by atoms with Crippen molar-refractivity contribution in [1.82, 2.24) is 4.98 Å². The zero-order valence-electron chi connectivity index (χ0n) is 6.73. The molecule has 0 spiro atoms. The number of hydrogen-bond donors (Lipinski definition) is 0. The van der Waals surface area contributed by atoms with Gasteiger partial charge in [-0.1, -0.05) is 11.6 Å². The molecule has 0 bridgehead atoms. The number of nitrogens with zero attached hydrogens (tertiary/aromatic N) is 2. The van der Waals surface area contributed by atoms with Crippen molar-refractivity contribution in [1.29, 1.82) is 0 Å². The van der Waals surface area contributed by atoms with Gasteiger partial charge in [-0.15, -0.1) is 4.84 Å². The summed E-state index contributed by atoms with van der Waals surface area (Å²) >= 11 is 5.48. The SMILES string of the molecule is CC(=O)O[N+](=O)c1ccc(Cl)nc1. The van der Waals surface area contributed by atoms with Crippen LogP contribution < -0.4 is 0 Å². The number of rotatable bonds is 2. The molecule has 6 heteroatoms. The van der Waals surface area contributed by atoms with E-state index in [0.717, 1.165) is 6.92 Å². The first-order chi connectivity index (χ1) is 6.09. The predicted octanol–water partition coefficient (Wildman–Crippen LogP) is 1.62. The maximum absolute atomic E-state index is 11.0. The molecule has 0 saturated heterocycles. The zero-order chi connectivity index (χ0) is 9.84. The van der Waals surface area contributed by atoms with Gasteiger partial charge in [-0.05, 0) is 6.07 Å². The first-order valence-electron chi connectivity index (χ1n) is 3.37. The van der Waals surface area contributed by atoms with Gasteiger partial charge in [0.2, 0.25) is 0 Å². The highest BCUT2D eigenvalue weighted by Gasteiger charge is 2.18. The number of aromatic nitrogens is 1. The fourth-order valence-corrected chi connectivity index (χ4v) is 0.757. The lowest BCUT2D eigenvalue weighted by Crippen LogP contribution is -2.07. The van der Waals surface area contributed by atoms with Crippen LogP contribution in [0.2, 0.25) is 5.15 Å². The summed E-state index contributed by atoms with van der Waals surface area (Å²) in [7, 11) is 0. The molecule has 5 nitrogen and oxygen atoms in total. The van der Waals surface area contributed by atoms with Crippen LogP contribution in [0.3, 0.4) is 0 Å². The van der Waals surface area contributed by atoms with Gasteiger partial charge in [0.05, 0.1) is 4.91 Å². The van der Waals surface area contributed by atoms with Gasteiger partial charge in [0.15, 0.2) is 0 Å². The quantitative estimate of drug-likeness (QED) is 0.539. The maximum Gasteiger partial charge on any atom is 0.383 e. The van der Waals surface area contributed by atoms with Crippen molar-refractivity contribution in [2.24, 2.45) is 0 Å². The highest BCUT2D eigenvalue weighted by molar-refractivity contribution is 6.29. The Balaban J connectivity index is 2.78. The van der Waals surface area contributed by atoms with Gasteiger partial charge in [0, 0.05) is 13.0 Å². The van der Waals surface area contributed by atoms with Crippen LogP contribution in [0.1, 0.15) is 6.92 Å². The number of carbonyl (C=O) groups excluding carboxylic acids is 1. The van der Waals surface area contributed by atoms with Gasteiger partial charge < -0.3 is 0 Å². The van der Waals surface area contributed by atoms with E-state index < -0.39 is 5.97 Å². The molecule has 0 aliphatic carbocycles. The zero-order valence-corrected chi connectivity index (χ0v) is 7.49. The third-order valence-corrected chi connectivity index (χ3v) is 1.36. The molecule has 0 fully saturated rings. The van der Waals surface area contributed by atoms with E-state index in [2.05, 4.69) is 9.82 Å². The highest BCUT2D eigenvalue weighted by atomic mass is 35.5. The van der Waals surface area contributed by atoms with Gasteiger partial charge in [-0.3, -0.25) is 0 Å². The van der Waals surface area contributed by atoms with E-state index in [9.17, 15) is 9.70 Å². The van der Waals surface area contributed by atoms with Gasteiger partial charge in [0.25, 0.3) is 4.92 Å². The average molecular weight is 202 g/mol. The lowest BCUT2D eigenvalue weighted by molar-refractivity contribution is -0.716. The second-order valence-corrected chi connectivity index (χ2v) is 2.57. The Hall–Kier alpha value is -1.49. The number of carbonyl (C=O) groups is 1. The second kappa shape index (κ2) is 3.95. The van der Waals surface area contributed by atoms with E-state index in [4.69, 9.17) is 11.6 Å². The summed E-state index contributed by atoms with van der Waals surface area (Å²) in [5, 5.41) is 0.264. The van der Waals surface area contributed by atoms with Gasteiger partial charge >= 0.3 is 11.7 Å². The maximum atomic E-state index is 11.0. The van der Waals surface area contributed by atoms with Gasteiger partial charge in [-0.25, -0.2) is 9.78 Å². The Morgan fingerprint density at radius 3 is 2.77 bits per heavy atom. The van der Waals surface area contributed by atoms with Crippen molar-refractivity contribution in [3.63, 3.8) is 0 Å². The topological polar surface area (TPSA) is 59.3 Å². The molecule has 0 unspecified atom stereocenters. The Labute approximate surface area is 78.8 Å². The fraction of sp³-hybridized carbons (Fsp3) is 0.143. The summed E-state index contributed by atoms with van der Waals surface area (Å²) < 4.78 is 0. The molecule has 1 heterocycles. The standard InChI is InChI=1S/C7H6ClN2O3/c1-5(11)13-10(12)6-2-3-7(8)9-4-6/h2-4H,1H3/q+1. The summed E-state index contributed by atoms with van der Waals surface area (Å²) in [6, 6.07) is 2.82. The van der Waals surface area contributed by atoms with Crippen molar-refractivity contribution < 1.29 is 14.6 Å². The van der Waals surface area contributed by atoms with Crippen LogP contribution in [-0.2, 0) is 9.63 Å². The van der Waals surface area contributed by atoms with E-state index in [-0.39, 0.29) is 15.8 Å². The lowest BCUT2D eigenvalue weighted by atomic mass is 10.4. The number of pyridine rings is 1. The van der Waals surface area contributed by atoms with Crippen molar-refractivity contribution in [3.05, 3.63) is 28.4 Å². The molecule has 0 aliphatic rings. The van der Waals surface area contributed by atoms with Crippen molar-refractivity contribution in [2.45, 2.75) is 6.92 Å². The molecule has 0 saturated carbocycles. The predicted molar refractivity (Wildman–Crippen MR) is 44.3 cm³/mol. The molecule has 1 aromatic heterocycles. The normalized spacial score (nSPS) is 9.38. The molecule has 1 rings (SSSR count). The van der Waals surface area contributed by atoms with Crippen LogP contribution in [0.25, 0.3) is 0 Å². The van der Waals surface area contributed by atoms with E-state index in [1.54, 1.807) is 0 Å². The molecule has 0 aliphatic heterocycles. The van der Waals surface area contributed by atoms with Crippen LogP contribution in [0.5, 0.6) is 0 Å². The number of halogens is 1. The Kier molecular flexibility index (Phi) is 2.92. The molecule has 0 aromatic carbocycles. The first-order valence-corrected chi connectivity index (χ1v) is 3.75. The molecule has 0 amide bonds. The van der Waals surface area contributed by atoms with E-state index in [1.165, 1.54) is 18.3 Å². The van der Waals surface area contributed by atoms with E-state index in [1.807, 2.05) is 0 Å². The third kappa shape index (κ3) is 2.79. The Morgan fingerprint density at radius 1 is 1.62 bits per heavy atom. The Morgan fingerprint density at radius 2 is 2.31 bits per heavy atom. The van der Waals surface area contributed by atoms with Gasteiger partial charge in [0.1, 0.15) is 11.3 Å². The highest BCUT2D eigenvalue weighted by Crippen LogP contribution is 2.12. The number of hydrogen-bond acceptors (Lipinski definition) is 4. The van der Waals surface area contributed by atoms with Crippen LogP contribution in [0.4, 0.5) is 5.69 Å². The molecule has 13 heavy (non-hydrogen) atoms. The molecule has 68 valence electrons. The summed E-state index contributed by atoms with van der Waals surface area (Å²) in [6.45, 7) is 1.13. The minimum atomic E-state index is -0.690. The Bertz CT molecular complexity index is 336. The molecule has 1 aromatic rings. The summed E-state index contributed by atoms with van der Waals surface area (Å²) in [4.78, 5) is 29.3. The third-order valence-electron chi connectivity index (χ3n) is 1.13. The van der Waals surface area contributed by atoms with Crippen LogP contribution >= 0.6 is 11.6 Å². The summed E-state index contributed by atoms with van der Waals surface area (Å²) in [5.41, 5.74) is 0.111. The van der Waals surface area contributed by atoms with E-state index in [0.29, 0.717) is 0 Å². The lowest BCUT2D eigenvalue weighted by Gasteiger charge is -1.88. The first kappa shape index (κ1) is 9.60. The van der Waals surface area contributed by atoms with Crippen LogP contribution in [0, 0.1) is 4.91 Å². The molecular formula is C7H6ClN2O3+. The van der Waals surface area contributed by atoms with Crippen molar-refractivity contribution >= 4 is 23.3 Å².